The Balaban J connectivity index is 1.83. The van der Waals surface area contributed by atoms with Crippen LogP contribution in [0.15, 0.2) is 48.5 Å². The van der Waals surface area contributed by atoms with Gasteiger partial charge in [0.05, 0.1) is 0 Å². The highest BCUT2D eigenvalue weighted by molar-refractivity contribution is 5.74. The highest BCUT2D eigenvalue weighted by atomic mass is 16.2. The van der Waals surface area contributed by atoms with Crippen molar-refractivity contribution in [2.45, 2.75) is 39.7 Å². The Labute approximate surface area is 139 Å². The van der Waals surface area contributed by atoms with E-state index in [0.29, 0.717) is 13.1 Å². The van der Waals surface area contributed by atoms with Crippen molar-refractivity contribution >= 4 is 6.03 Å². The maximum Gasteiger partial charge on any atom is 0.315 e. The molecule has 122 valence electrons. The second-order valence-corrected chi connectivity index (χ2v) is 6.77. The fourth-order valence-electron chi connectivity index (χ4n) is 2.36. The van der Waals surface area contributed by atoms with Crippen LogP contribution in [0.4, 0.5) is 4.79 Å². The summed E-state index contributed by atoms with van der Waals surface area (Å²) in [5.41, 5.74) is 4.69. The first kappa shape index (κ1) is 17.1. The molecule has 2 amide bonds. The molecule has 0 aliphatic heterocycles. The molecule has 0 aromatic heterocycles. The Hall–Kier alpha value is -2.29. The Morgan fingerprint density at radius 3 is 1.96 bits per heavy atom. The topological polar surface area (TPSA) is 41.1 Å². The predicted molar refractivity (Wildman–Crippen MR) is 95.6 cm³/mol. The van der Waals surface area contributed by atoms with Gasteiger partial charge in [-0.3, -0.25) is 0 Å². The number of amides is 2. The molecule has 0 saturated heterocycles. The zero-order valence-electron chi connectivity index (χ0n) is 14.4. The van der Waals surface area contributed by atoms with Crippen molar-refractivity contribution in [3.63, 3.8) is 0 Å². The lowest BCUT2D eigenvalue weighted by Gasteiger charge is -2.26. The molecule has 0 aliphatic carbocycles. The van der Waals surface area contributed by atoms with Crippen LogP contribution in [-0.4, -0.2) is 12.6 Å². The molecule has 3 nitrogen and oxygen atoms in total. The number of carbonyl (C=O) groups is 1. The first-order chi connectivity index (χ1) is 10.9. The van der Waals surface area contributed by atoms with Gasteiger partial charge in [-0.1, -0.05) is 73.5 Å². The van der Waals surface area contributed by atoms with Gasteiger partial charge in [-0.15, -0.1) is 0 Å². The Bertz CT molecular complexity index is 642. The van der Waals surface area contributed by atoms with E-state index in [-0.39, 0.29) is 11.4 Å². The zero-order valence-corrected chi connectivity index (χ0v) is 14.4. The second kappa shape index (κ2) is 7.32. The summed E-state index contributed by atoms with van der Waals surface area (Å²) in [4.78, 5) is 12.0. The Morgan fingerprint density at radius 1 is 0.870 bits per heavy atom. The fourth-order valence-corrected chi connectivity index (χ4v) is 2.36. The van der Waals surface area contributed by atoms with Crippen LogP contribution in [0.1, 0.15) is 36.1 Å². The monoisotopic (exact) mass is 310 g/mol. The minimum atomic E-state index is -0.134. The van der Waals surface area contributed by atoms with Crippen molar-refractivity contribution in [1.82, 2.24) is 10.6 Å². The van der Waals surface area contributed by atoms with Crippen molar-refractivity contribution < 1.29 is 4.79 Å². The lowest BCUT2D eigenvalue weighted by atomic mass is 9.84. The Kier molecular flexibility index (Phi) is 5.43. The minimum Gasteiger partial charge on any atom is -0.337 e. The number of carbonyl (C=O) groups excluding carboxylic acids is 1. The van der Waals surface area contributed by atoms with Gasteiger partial charge in [0.15, 0.2) is 0 Å². The average molecular weight is 310 g/mol. The molecule has 0 radical (unpaired) electrons. The molecule has 2 N–H and O–H groups in total. The SMILES string of the molecule is Cc1ccc(CNC(=O)NCC(C)(C)c2ccc(C)cc2)cc1. The van der Waals surface area contributed by atoms with Gasteiger partial charge < -0.3 is 10.6 Å². The molecule has 2 aromatic carbocycles. The van der Waals surface area contributed by atoms with Gasteiger partial charge in [0.25, 0.3) is 0 Å². The van der Waals surface area contributed by atoms with Crippen molar-refractivity contribution in [2.75, 3.05) is 6.54 Å². The van der Waals surface area contributed by atoms with Crippen molar-refractivity contribution in [3.05, 3.63) is 70.8 Å². The summed E-state index contributed by atoms with van der Waals surface area (Å²) in [5, 5.41) is 5.87. The molecule has 0 heterocycles. The summed E-state index contributed by atoms with van der Waals surface area (Å²) in [5.74, 6) is 0. The maximum atomic E-state index is 12.0. The van der Waals surface area contributed by atoms with E-state index in [2.05, 4.69) is 74.7 Å². The molecule has 0 unspecified atom stereocenters. The maximum absolute atomic E-state index is 12.0. The smallest absolute Gasteiger partial charge is 0.315 e. The quantitative estimate of drug-likeness (QED) is 0.858. The van der Waals surface area contributed by atoms with Crippen LogP contribution >= 0.6 is 0 Å². The van der Waals surface area contributed by atoms with Gasteiger partial charge in [-0.2, -0.15) is 0 Å². The lowest BCUT2D eigenvalue weighted by molar-refractivity contribution is 0.238. The number of urea groups is 1. The lowest BCUT2D eigenvalue weighted by Crippen LogP contribution is -2.42. The fraction of sp³-hybridized carbons (Fsp3) is 0.350. The highest BCUT2D eigenvalue weighted by Crippen LogP contribution is 2.22. The molecule has 2 aromatic rings. The van der Waals surface area contributed by atoms with Gasteiger partial charge in [-0.25, -0.2) is 4.79 Å². The standard InChI is InChI=1S/C20H26N2O/c1-15-5-9-17(10-6-15)13-21-19(23)22-14-20(3,4)18-11-7-16(2)8-12-18/h5-12H,13-14H2,1-4H3,(H2,21,22,23). The third-order valence-electron chi connectivity index (χ3n) is 4.10. The van der Waals surface area contributed by atoms with Crippen LogP contribution in [0.25, 0.3) is 0 Å². The Morgan fingerprint density at radius 2 is 1.39 bits per heavy atom. The van der Waals surface area contributed by atoms with E-state index in [0.717, 1.165) is 5.56 Å². The molecule has 0 aliphatic rings. The normalized spacial score (nSPS) is 11.1. The third kappa shape index (κ3) is 5.13. The van der Waals surface area contributed by atoms with Crippen LogP contribution in [0.2, 0.25) is 0 Å². The number of hydrogen-bond acceptors (Lipinski definition) is 1. The van der Waals surface area contributed by atoms with Crippen LogP contribution in [0.5, 0.6) is 0 Å². The number of rotatable bonds is 5. The van der Waals surface area contributed by atoms with Gasteiger partial charge in [0.1, 0.15) is 0 Å². The molecular formula is C20H26N2O. The van der Waals surface area contributed by atoms with Crippen LogP contribution in [-0.2, 0) is 12.0 Å². The van der Waals surface area contributed by atoms with E-state index in [4.69, 9.17) is 0 Å². The molecule has 0 saturated carbocycles. The van der Waals surface area contributed by atoms with Gasteiger partial charge in [0, 0.05) is 18.5 Å². The number of aryl methyl sites for hydroxylation is 2. The van der Waals surface area contributed by atoms with Crippen molar-refractivity contribution in [3.8, 4) is 0 Å². The molecule has 0 atom stereocenters. The molecule has 3 heteroatoms. The van der Waals surface area contributed by atoms with Gasteiger partial charge in [0.2, 0.25) is 0 Å². The van der Waals surface area contributed by atoms with Crippen LogP contribution in [0, 0.1) is 13.8 Å². The molecule has 0 spiro atoms. The molecular weight excluding hydrogens is 284 g/mol. The zero-order chi connectivity index (χ0) is 16.9. The van der Waals surface area contributed by atoms with Crippen molar-refractivity contribution in [2.24, 2.45) is 0 Å². The average Bonchev–Trinajstić information content (AvgIpc) is 2.53. The number of hydrogen-bond donors (Lipinski definition) is 2. The predicted octanol–water partition coefficient (Wildman–Crippen LogP) is 4.08. The summed E-state index contributed by atoms with van der Waals surface area (Å²) in [6, 6.07) is 16.5. The molecule has 0 bridgehead atoms. The minimum absolute atomic E-state index is 0.102. The van der Waals surface area contributed by atoms with Gasteiger partial charge in [-0.05, 0) is 25.0 Å². The highest BCUT2D eigenvalue weighted by Gasteiger charge is 2.21. The summed E-state index contributed by atoms with van der Waals surface area (Å²) in [7, 11) is 0. The van der Waals surface area contributed by atoms with Crippen molar-refractivity contribution in [1.29, 1.82) is 0 Å². The van der Waals surface area contributed by atoms with E-state index in [1.165, 1.54) is 16.7 Å². The van der Waals surface area contributed by atoms with E-state index in [1.54, 1.807) is 0 Å². The first-order valence-corrected chi connectivity index (χ1v) is 8.01. The van der Waals surface area contributed by atoms with E-state index in [1.807, 2.05) is 12.1 Å². The molecule has 23 heavy (non-hydrogen) atoms. The summed E-state index contributed by atoms with van der Waals surface area (Å²) in [6.45, 7) is 9.54. The largest absolute Gasteiger partial charge is 0.337 e. The molecule has 0 fully saturated rings. The summed E-state index contributed by atoms with van der Waals surface area (Å²) < 4.78 is 0. The number of nitrogens with one attached hydrogen (secondary N) is 2. The van der Waals surface area contributed by atoms with E-state index >= 15 is 0 Å². The van der Waals surface area contributed by atoms with E-state index < -0.39 is 0 Å². The van der Waals surface area contributed by atoms with Gasteiger partial charge >= 0.3 is 6.03 Å². The summed E-state index contributed by atoms with van der Waals surface area (Å²) in [6.07, 6.45) is 0. The first-order valence-electron chi connectivity index (χ1n) is 8.01. The molecule has 2 rings (SSSR count). The van der Waals surface area contributed by atoms with Crippen LogP contribution in [0.3, 0.4) is 0 Å². The van der Waals surface area contributed by atoms with Crippen LogP contribution < -0.4 is 10.6 Å². The second-order valence-electron chi connectivity index (χ2n) is 6.77. The third-order valence-corrected chi connectivity index (χ3v) is 4.10. The number of benzene rings is 2. The summed E-state index contributed by atoms with van der Waals surface area (Å²) >= 11 is 0. The van der Waals surface area contributed by atoms with E-state index in [9.17, 15) is 4.79 Å².